The Labute approximate surface area is 223 Å². The van der Waals surface area contributed by atoms with Crippen molar-refractivity contribution in [3.05, 3.63) is 64.2 Å². The fraction of sp³-hybridized carbons (Fsp3) is 0.545. The minimum Gasteiger partial charge on any atom is -0.489 e. The Morgan fingerprint density at radius 1 is 0.973 bits per heavy atom. The van der Waals surface area contributed by atoms with Crippen LogP contribution in [0.2, 0.25) is 0 Å². The highest BCUT2D eigenvalue weighted by Gasteiger charge is 2.32. The van der Waals surface area contributed by atoms with Gasteiger partial charge in [-0.2, -0.15) is 0 Å². The van der Waals surface area contributed by atoms with Crippen LogP contribution in [-0.2, 0) is 14.9 Å². The molecule has 37 heavy (non-hydrogen) atoms. The minimum atomic E-state index is -0.911. The first-order valence-corrected chi connectivity index (χ1v) is 14.0. The maximum atomic E-state index is 11.4. The molecule has 1 aliphatic rings. The predicted octanol–water partition coefficient (Wildman–Crippen LogP) is 7.18. The first-order chi connectivity index (χ1) is 17.7. The van der Waals surface area contributed by atoms with Crippen molar-refractivity contribution >= 4 is 5.97 Å². The van der Waals surface area contributed by atoms with Gasteiger partial charge in [-0.25, -0.2) is 0 Å². The largest absolute Gasteiger partial charge is 0.489 e. The molecular formula is C33H44O4. The van der Waals surface area contributed by atoms with E-state index in [0.717, 1.165) is 54.5 Å². The Balaban J connectivity index is 1.86. The second-order valence-electron chi connectivity index (χ2n) is 10.5. The molecule has 4 nitrogen and oxygen atoms in total. The van der Waals surface area contributed by atoms with Crippen molar-refractivity contribution in [2.24, 2.45) is 0 Å². The van der Waals surface area contributed by atoms with Gasteiger partial charge in [0.1, 0.15) is 24.1 Å². The third kappa shape index (κ3) is 6.76. The summed E-state index contributed by atoms with van der Waals surface area (Å²) in [6.07, 6.45) is 6.21. The topological polar surface area (TPSA) is 55.8 Å². The van der Waals surface area contributed by atoms with Gasteiger partial charge >= 0.3 is 5.97 Å². The summed E-state index contributed by atoms with van der Waals surface area (Å²) < 4.78 is 11.3. The molecule has 4 heteroatoms. The minimum absolute atomic E-state index is 0.119. The molecule has 1 N–H and O–H groups in total. The lowest BCUT2D eigenvalue weighted by atomic mass is 9.70. The lowest BCUT2D eigenvalue weighted by Gasteiger charge is -2.34. The van der Waals surface area contributed by atoms with Crippen LogP contribution in [0.15, 0.2) is 36.4 Å². The molecule has 3 rings (SSSR count). The summed E-state index contributed by atoms with van der Waals surface area (Å²) in [6.45, 7) is 13.3. The molecule has 1 heterocycles. The molecular weight excluding hydrogens is 460 g/mol. The van der Waals surface area contributed by atoms with Crippen molar-refractivity contribution in [2.75, 3.05) is 6.61 Å². The summed E-state index contributed by atoms with van der Waals surface area (Å²) in [5.41, 5.74) is 4.71. The molecule has 0 radical (unpaired) electrons. The zero-order valence-corrected chi connectivity index (χ0v) is 23.6. The summed E-state index contributed by atoms with van der Waals surface area (Å²) in [5.74, 6) is 7.17. The van der Waals surface area contributed by atoms with Crippen LogP contribution in [0, 0.1) is 25.7 Å². The molecule has 0 amide bonds. The van der Waals surface area contributed by atoms with Crippen molar-refractivity contribution in [1.82, 2.24) is 0 Å². The van der Waals surface area contributed by atoms with Gasteiger partial charge in [-0.1, -0.05) is 76.6 Å². The van der Waals surface area contributed by atoms with Crippen molar-refractivity contribution < 1.29 is 19.4 Å². The molecule has 2 aromatic rings. The van der Waals surface area contributed by atoms with Crippen LogP contribution in [0.5, 0.6) is 5.75 Å². The maximum Gasteiger partial charge on any atom is 0.306 e. The molecule has 200 valence electrons. The highest BCUT2D eigenvalue weighted by Crippen LogP contribution is 2.41. The van der Waals surface area contributed by atoms with Crippen molar-refractivity contribution in [3.8, 4) is 17.6 Å². The Morgan fingerprint density at radius 3 is 2.11 bits per heavy atom. The molecule has 0 saturated carbocycles. The van der Waals surface area contributed by atoms with E-state index in [0.29, 0.717) is 25.9 Å². The molecule has 1 fully saturated rings. The molecule has 0 spiro atoms. The van der Waals surface area contributed by atoms with E-state index in [2.05, 4.69) is 89.8 Å². The Morgan fingerprint density at radius 2 is 1.59 bits per heavy atom. The summed E-state index contributed by atoms with van der Waals surface area (Å²) in [6, 6.07) is 13.1. The van der Waals surface area contributed by atoms with Crippen LogP contribution in [0.4, 0.5) is 0 Å². The first kappa shape index (κ1) is 28.8. The number of carbonyl (C=O) groups is 1. The SMILES string of the molecule is CCCC(O)(C#Cc1ccc(C(CC)(CC)c2ccc(OC[C@@H]3CCC(=O)O3)c(C)c2)cc1C)CCC. The molecule has 0 aliphatic carbocycles. The van der Waals surface area contributed by atoms with E-state index in [1.165, 1.54) is 11.1 Å². The zero-order chi connectivity index (χ0) is 27.1. The van der Waals surface area contributed by atoms with Crippen molar-refractivity contribution in [3.63, 3.8) is 0 Å². The average molecular weight is 505 g/mol. The summed E-state index contributed by atoms with van der Waals surface area (Å²) >= 11 is 0. The van der Waals surface area contributed by atoms with Gasteiger partial charge in [-0.05, 0) is 80.3 Å². The van der Waals surface area contributed by atoms with E-state index >= 15 is 0 Å². The number of cyclic esters (lactones) is 1. The monoisotopic (exact) mass is 504 g/mol. The molecule has 0 bridgehead atoms. The zero-order valence-electron chi connectivity index (χ0n) is 23.6. The summed E-state index contributed by atoms with van der Waals surface area (Å²) in [7, 11) is 0. The molecule has 2 aromatic carbocycles. The Kier molecular flexibility index (Phi) is 9.85. The lowest BCUT2D eigenvalue weighted by Crippen LogP contribution is -2.27. The van der Waals surface area contributed by atoms with E-state index < -0.39 is 5.60 Å². The maximum absolute atomic E-state index is 11.4. The van der Waals surface area contributed by atoms with Gasteiger partial charge < -0.3 is 14.6 Å². The Hall–Kier alpha value is -2.77. The average Bonchev–Trinajstić information content (AvgIpc) is 3.29. The molecule has 1 atom stereocenters. The molecule has 0 aromatic heterocycles. The van der Waals surface area contributed by atoms with Gasteiger partial charge in [0.2, 0.25) is 0 Å². The van der Waals surface area contributed by atoms with Crippen LogP contribution >= 0.6 is 0 Å². The fourth-order valence-electron chi connectivity index (χ4n) is 5.59. The quantitative estimate of drug-likeness (QED) is 0.260. The fourth-order valence-corrected chi connectivity index (χ4v) is 5.59. The third-order valence-corrected chi connectivity index (χ3v) is 7.86. The number of carbonyl (C=O) groups excluding carboxylic acids is 1. The van der Waals surface area contributed by atoms with E-state index in [1.54, 1.807) is 0 Å². The van der Waals surface area contributed by atoms with Gasteiger partial charge in [-0.3, -0.25) is 4.79 Å². The Bertz CT molecular complexity index is 1130. The van der Waals surface area contributed by atoms with Gasteiger partial charge in [0.15, 0.2) is 0 Å². The van der Waals surface area contributed by atoms with Crippen molar-refractivity contribution in [2.45, 2.75) is 110 Å². The van der Waals surface area contributed by atoms with Gasteiger partial charge in [0.25, 0.3) is 0 Å². The number of esters is 1. The van der Waals surface area contributed by atoms with Crippen LogP contribution < -0.4 is 4.74 Å². The highest BCUT2D eigenvalue weighted by molar-refractivity contribution is 5.71. The van der Waals surface area contributed by atoms with Gasteiger partial charge in [-0.15, -0.1) is 0 Å². The van der Waals surface area contributed by atoms with Crippen molar-refractivity contribution in [1.29, 1.82) is 0 Å². The number of hydrogen-bond donors (Lipinski definition) is 1. The number of rotatable bonds is 11. The van der Waals surface area contributed by atoms with Crippen LogP contribution in [0.25, 0.3) is 0 Å². The second-order valence-corrected chi connectivity index (χ2v) is 10.5. The van der Waals surface area contributed by atoms with Crippen LogP contribution in [0.3, 0.4) is 0 Å². The normalized spacial score (nSPS) is 15.8. The molecule has 1 aliphatic heterocycles. The molecule has 1 saturated heterocycles. The van der Waals surface area contributed by atoms with Gasteiger partial charge in [0, 0.05) is 17.4 Å². The predicted molar refractivity (Wildman–Crippen MR) is 150 cm³/mol. The second kappa shape index (κ2) is 12.7. The smallest absolute Gasteiger partial charge is 0.306 e. The van der Waals surface area contributed by atoms with Gasteiger partial charge in [0.05, 0.1) is 0 Å². The molecule has 0 unspecified atom stereocenters. The standard InChI is InChI=1S/C33H44O4/c1-7-18-32(35,19-8-2)20-17-26-11-12-27(21-24(26)5)33(9-3,10-4)28-13-15-30(25(6)22-28)36-23-29-14-16-31(34)37-29/h11-13,15,21-22,29,35H,7-10,14,16,18-19,23H2,1-6H3/t29-/m0/s1. The number of benzene rings is 2. The van der Waals surface area contributed by atoms with E-state index in [-0.39, 0.29) is 17.5 Å². The number of ether oxygens (including phenoxy) is 2. The third-order valence-electron chi connectivity index (χ3n) is 7.86. The summed E-state index contributed by atoms with van der Waals surface area (Å²) in [4.78, 5) is 11.4. The summed E-state index contributed by atoms with van der Waals surface area (Å²) in [5, 5.41) is 10.9. The first-order valence-electron chi connectivity index (χ1n) is 14.0. The highest BCUT2D eigenvalue weighted by atomic mass is 16.6. The van der Waals surface area contributed by atoms with Crippen LogP contribution in [0.1, 0.15) is 107 Å². The van der Waals surface area contributed by atoms with Crippen LogP contribution in [-0.4, -0.2) is 29.4 Å². The van der Waals surface area contributed by atoms with E-state index in [4.69, 9.17) is 9.47 Å². The van der Waals surface area contributed by atoms with E-state index in [1.807, 2.05) is 0 Å². The van der Waals surface area contributed by atoms with E-state index in [9.17, 15) is 9.90 Å². The lowest BCUT2D eigenvalue weighted by molar-refractivity contribution is -0.142. The number of aryl methyl sites for hydroxylation is 2. The number of hydrogen-bond acceptors (Lipinski definition) is 4. The number of aliphatic hydroxyl groups is 1.